The summed E-state index contributed by atoms with van der Waals surface area (Å²) in [6, 6.07) is 5.37. The molecule has 0 aliphatic heterocycles. The molecule has 0 spiro atoms. The van der Waals surface area contributed by atoms with E-state index in [0.29, 0.717) is 24.9 Å². The van der Waals surface area contributed by atoms with Crippen LogP contribution in [0.3, 0.4) is 0 Å². The lowest BCUT2D eigenvalue weighted by Gasteiger charge is -2.06. The summed E-state index contributed by atoms with van der Waals surface area (Å²) in [4.78, 5) is 22.3. The highest BCUT2D eigenvalue weighted by molar-refractivity contribution is 9.11. The normalized spacial score (nSPS) is 10.1. The molecule has 1 rings (SSSR count). The van der Waals surface area contributed by atoms with E-state index < -0.39 is 0 Å². The lowest BCUT2D eigenvalue weighted by atomic mass is 10.2. The molecular weight excluding hydrogens is 364 g/mol. The minimum absolute atomic E-state index is 0.129. The van der Waals surface area contributed by atoms with Gasteiger partial charge in [0, 0.05) is 27.5 Å². The highest BCUT2D eigenvalue weighted by Crippen LogP contribution is 2.19. The van der Waals surface area contributed by atoms with E-state index in [1.165, 1.54) is 0 Å². The van der Waals surface area contributed by atoms with Gasteiger partial charge < -0.3 is 11.1 Å². The molecule has 4 nitrogen and oxygen atoms in total. The fraction of sp³-hybridized carbons (Fsp3) is 0.333. The fourth-order valence-electron chi connectivity index (χ4n) is 1.41. The summed E-state index contributed by atoms with van der Waals surface area (Å²) in [5, 5.41) is 2.79. The van der Waals surface area contributed by atoms with Crippen molar-refractivity contribution < 1.29 is 9.59 Å². The molecule has 0 unspecified atom stereocenters. The molecule has 0 saturated heterocycles. The lowest BCUT2D eigenvalue weighted by Crippen LogP contribution is -2.24. The number of amides is 2. The average Bonchev–Trinajstić information content (AvgIpc) is 2.26. The standard InChI is InChI=1S/C12H14Br2N2O2/c13-9-5-8(6-10(14)7-9)12(18)16-4-2-1-3-11(15)17/h5-7H,1-4H2,(H2,15,17)(H,16,18). The fourth-order valence-corrected chi connectivity index (χ4v) is 2.71. The molecule has 18 heavy (non-hydrogen) atoms. The van der Waals surface area contributed by atoms with E-state index in [2.05, 4.69) is 37.2 Å². The number of hydrogen-bond donors (Lipinski definition) is 2. The number of halogens is 2. The third kappa shape index (κ3) is 5.64. The Bertz CT molecular complexity index is 429. The molecule has 1 aromatic carbocycles. The maximum Gasteiger partial charge on any atom is 0.251 e. The van der Waals surface area contributed by atoms with Gasteiger partial charge in [-0.2, -0.15) is 0 Å². The summed E-state index contributed by atoms with van der Waals surface area (Å²) < 4.78 is 1.69. The third-order valence-electron chi connectivity index (χ3n) is 2.26. The van der Waals surface area contributed by atoms with Gasteiger partial charge in [-0.15, -0.1) is 0 Å². The molecule has 0 fully saturated rings. The Hall–Kier alpha value is -0.880. The summed E-state index contributed by atoms with van der Waals surface area (Å²) in [5.74, 6) is -0.437. The van der Waals surface area contributed by atoms with Crippen molar-refractivity contribution in [3.63, 3.8) is 0 Å². The van der Waals surface area contributed by atoms with Crippen LogP contribution < -0.4 is 11.1 Å². The van der Waals surface area contributed by atoms with Gasteiger partial charge in [0.15, 0.2) is 0 Å². The van der Waals surface area contributed by atoms with Gasteiger partial charge in [0.1, 0.15) is 0 Å². The molecule has 2 amide bonds. The van der Waals surface area contributed by atoms with Gasteiger partial charge in [-0.05, 0) is 31.0 Å². The summed E-state index contributed by atoms with van der Waals surface area (Å²) in [5.41, 5.74) is 5.61. The van der Waals surface area contributed by atoms with Crippen LogP contribution >= 0.6 is 31.9 Å². The van der Waals surface area contributed by atoms with E-state index in [0.717, 1.165) is 15.4 Å². The van der Waals surface area contributed by atoms with Crippen LogP contribution in [-0.2, 0) is 4.79 Å². The van der Waals surface area contributed by atoms with Crippen LogP contribution in [0.1, 0.15) is 29.6 Å². The summed E-state index contributed by atoms with van der Waals surface area (Å²) in [7, 11) is 0. The summed E-state index contributed by atoms with van der Waals surface area (Å²) in [6.07, 6.45) is 1.79. The number of unbranched alkanes of at least 4 members (excludes halogenated alkanes) is 1. The van der Waals surface area contributed by atoms with Crippen LogP contribution in [0.25, 0.3) is 0 Å². The van der Waals surface area contributed by atoms with Crippen molar-refractivity contribution in [2.75, 3.05) is 6.54 Å². The second-order valence-corrected chi connectivity index (χ2v) is 5.67. The molecule has 0 heterocycles. The largest absolute Gasteiger partial charge is 0.370 e. The van der Waals surface area contributed by atoms with Crippen LogP contribution in [0, 0.1) is 0 Å². The molecule has 0 aromatic heterocycles. The van der Waals surface area contributed by atoms with Crippen molar-refractivity contribution in [2.24, 2.45) is 5.73 Å². The first-order chi connectivity index (χ1) is 8.49. The molecule has 0 saturated carbocycles. The Morgan fingerprint density at radius 3 is 2.28 bits per heavy atom. The van der Waals surface area contributed by atoms with E-state index in [9.17, 15) is 9.59 Å². The SMILES string of the molecule is NC(=O)CCCCNC(=O)c1cc(Br)cc(Br)c1. The molecule has 0 bridgehead atoms. The molecule has 0 aliphatic carbocycles. The zero-order valence-corrected chi connectivity index (χ0v) is 12.9. The van der Waals surface area contributed by atoms with Crippen LogP contribution in [0.4, 0.5) is 0 Å². The number of hydrogen-bond acceptors (Lipinski definition) is 2. The summed E-state index contributed by atoms with van der Waals surface area (Å²) >= 11 is 6.66. The quantitative estimate of drug-likeness (QED) is 0.748. The number of nitrogens with two attached hydrogens (primary N) is 1. The van der Waals surface area contributed by atoms with Crippen LogP contribution in [0.2, 0.25) is 0 Å². The molecule has 3 N–H and O–H groups in total. The third-order valence-corrected chi connectivity index (χ3v) is 3.18. The van der Waals surface area contributed by atoms with E-state index in [1.54, 1.807) is 12.1 Å². The lowest BCUT2D eigenvalue weighted by molar-refractivity contribution is -0.118. The number of primary amides is 1. The zero-order chi connectivity index (χ0) is 13.5. The highest BCUT2D eigenvalue weighted by atomic mass is 79.9. The number of carbonyl (C=O) groups is 2. The molecular formula is C12H14Br2N2O2. The predicted octanol–water partition coefficient (Wildman–Crippen LogP) is 2.60. The Kier molecular flexibility index (Phi) is 6.35. The second kappa shape index (κ2) is 7.53. The topological polar surface area (TPSA) is 72.2 Å². The molecule has 98 valence electrons. The number of carbonyl (C=O) groups excluding carboxylic acids is 2. The van der Waals surface area contributed by atoms with Gasteiger partial charge in [0.25, 0.3) is 5.91 Å². The highest BCUT2D eigenvalue weighted by Gasteiger charge is 2.06. The minimum atomic E-state index is -0.308. The van der Waals surface area contributed by atoms with Gasteiger partial charge in [0.05, 0.1) is 0 Å². The Morgan fingerprint density at radius 1 is 1.11 bits per heavy atom. The summed E-state index contributed by atoms with van der Waals surface area (Å²) in [6.45, 7) is 0.538. The minimum Gasteiger partial charge on any atom is -0.370 e. The predicted molar refractivity (Wildman–Crippen MR) is 77.2 cm³/mol. The van der Waals surface area contributed by atoms with Crippen molar-refractivity contribution in [3.8, 4) is 0 Å². The van der Waals surface area contributed by atoms with Crippen molar-refractivity contribution >= 4 is 43.7 Å². The monoisotopic (exact) mass is 376 g/mol. The van der Waals surface area contributed by atoms with Gasteiger partial charge in [-0.3, -0.25) is 9.59 Å². The first-order valence-corrected chi connectivity index (χ1v) is 7.10. The van der Waals surface area contributed by atoms with Crippen molar-refractivity contribution in [1.82, 2.24) is 5.32 Å². The van der Waals surface area contributed by atoms with Crippen LogP contribution in [0.15, 0.2) is 27.1 Å². The Labute approximate surface area is 123 Å². The first-order valence-electron chi connectivity index (χ1n) is 5.51. The Balaban J connectivity index is 2.38. The number of nitrogens with one attached hydrogen (secondary N) is 1. The molecule has 0 aliphatic rings. The van der Waals surface area contributed by atoms with Crippen molar-refractivity contribution in [2.45, 2.75) is 19.3 Å². The van der Waals surface area contributed by atoms with Gasteiger partial charge in [-0.25, -0.2) is 0 Å². The van der Waals surface area contributed by atoms with E-state index in [1.807, 2.05) is 6.07 Å². The van der Waals surface area contributed by atoms with Crippen LogP contribution in [0.5, 0.6) is 0 Å². The maximum atomic E-state index is 11.8. The van der Waals surface area contributed by atoms with Gasteiger partial charge in [0.2, 0.25) is 5.91 Å². The van der Waals surface area contributed by atoms with Gasteiger partial charge in [-0.1, -0.05) is 31.9 Å². The second-order valence-electron chi connectivity index (χ2n) is 3.84. The van der Waals surface area contributed by atoms with Crippen molar-refractivity contribution in [1.29, 1.82) is 0 Å². The molecule has 6 heteroatoms. The van der Waals surface area contributed by atoms with E-state index in [4.69, 9.17) is 5.73 Å². The average molecular weight is 378 g/mol. The Morgan fingerprint density at radius 2 is 1.72 bits per heavy atom. The number of benzene rings is 1. The zero-order valence-electron chi connectivity index (χ0n) is 9.71. The smallest absolute Gasteiger partial charge is 0.251 e. The van der Waals surface area contributed by atoms with Gasteiger partial charge >= 0.3 is 0 Å². The maximum absolute atomic E-state index is 11.8. The number of rotatable bonds is 6. The molecule has 0 radical (unpaired) electrons. The van der Waals surface area contributed by atoms with Crippen molar-refractivity contribution in [3.05, 3.63) is 32.7 Å². The first kappa shape index (κ1) is 15.2. The molecule has 1 aromatic rings. The van der Waals surface area contributed by atoms with E-state index >= 15 is 0 Å². The van der Waals surface area contributed by atoms with Crippen LogP contribution in [-0.4, -0.2) is 18.4 Å². The van der Waals surface area contributed by atoms with E-state index in [-0.39, 0.29) is 11.8 Å². The molecule has 0 atom stereocenters.